The van der Waals surface area contributed by atoms with Gasteiger partial charge in [-0.05, 0) is 30.7 Å². The molecule has 0 spiro atoms. The molecule has 0 heterocycles. The maximum atomic E-state index is 12.0. The summed E-state index contributed by atoms with van der Waals surface area (Å²) in [6, 6.07) is 10.9. The van der Waals surface area contributed by atoms with E-state index in [1.54, 1.807) is 12.1 Å². The number of hydrogen-bond donors (Lipinski definition) is 3. The molecule has 1 amide bonds. The summed E-state index contributed by atoms with van der Waals surface area (Å²) in [6.07, 6.45) is 2.44. The molecule has 0 radical (unpaired) electrons. The number of nitrogens with one attached hydrogen (secondary N) is 1. The van der Waals surface area contributed by atoms with Crippen LogP contribution in [0.5, 0.6) is 5.75 Å². The van der Waals surface area contributed by atoms with Crippen molar-refractivity contribution in [2.75, 3.05) is 13.2 Å². The molecule has 4 heteroatoms. The first kappa shape index (κ1) is 14.3. The van der Waals surface area contributed by atoms with E-state index in [-0.39, 0.29) is 18.3 Å². The lowest BCUT2D eigenvalue weighted by atomic mass is 10.0. The van der Waals surface area contributed by atoms with Crippen molar-refractivity contribution < 1.29 is 15.0 Å². The fourth-order valence-electron chi connectivity index (χ4n) is 2.15. The molecular weight excluding hydrogens is 254 g/mol. The zero-order valence-corrected chi connectivity index (χ0v) is 11.3. The summed E-state index contributed by atoms with van der Waals surface area (Å²) in [4.78, 5) is 12.0. The fraction of sp³-hybridized carbons (Fsp3) is 0.312. The van der Waals surface area contributed by atoms with Crippen LogP contribution in [0.3, 0.4) is 0 Å². The van der Waals surface area contributed by atoms with Crippen LogP contribution in [0, 0.1) is 0 Å². The second kappa shape index (κ2) is 6.91. The maximum Gasteiger partial charge on any atom is 0.255 e. The van der Waals surface area contributed by atoms with Gasteiger partial charge in [0, 0.05) is 18.5 Å². The predicted molar refractivity (Wildman–Crippen MR) is 78.9 cm³/mol. The lowest BCUT2D eigenvalue weighted by Crippen LogP contribution is -2.24. The molecule has 3 N–H and O–H groups in total. The van der Waals surface area contributed by atoms with Gasteiger partial charge in [0.1, 0.15) is 5.75 Å². The Bertz CT molecular complexity index is 595. The first-order valence-corrected chi connectivity index (χ1v) is 6.84. The third-order valence-corrected chi connectivity index (χ3v) is 3.27. The molecule has 0 saturated heterocycles. The number of rotatable bonds is 6. The largest absolute Gasteiger partial charge is 0.506 e. The first-order chi connectivity index (χ1) is 9.74. The predicted octanol–water partition coefficient (Wildman–Crippen LogP) is 2.44. The SMILES string of the molecule is O=C(NCCCCCO)c1ccc2ccccc2c1O. The molecule has 0 unspecified atom stereocenters. The van der Waals surface area contributed by atoms with Crippen LogP contribution in [0.25, 0.3) is 10.8 Å². The minimum Gasteiger partial charge on any atom is -0.506 e. The van der Waals surface area contributed by atoms with Crippen LogP contribution in [0.1, 0.15) is 29.6 Å². The van der Waals surface area contributed by atoms with E-state index in [1.807, 2.05) is 24.3 Å². The van der Waals surface area contributed by atoms with Gasteiger partial charge >= 0.3 is 0 Å². The number of phenols is 1. The van der Waals surface area contributed by atoms with Gasteiger partial charge in [0.2, 0.25) is 0 Å². The number of unbranched alkanes of at least 4 members (excludes halogenated alkanes) is 2. The molecule has 4 nitrogen and oxygen atoms in total. The maximum absolute atomic E-state index is 12.0. The summed E-state index contributed by atoms with van der Waals surface area (Å²) in [5.41, 5.74) is 0.297. The summed E-state index contributed by atoms with van der Waals surface area (Å²) in [6.45, 7) is 0.727. The van der Waals surface area contributed by atoms with Gasteiger partial charge in [0.25, 0.3) is 5.91 Å². The highest BCUT2D eigenvalue weighted by atomic mass is 16.3. The standard InChI is InChI=1S/C16H19NO3/c18-11-5-1-4-10-17-16(20)14-9-8-12-6-2-3-7-13(12)15(14)19/h2-3,6-9,18-19H,1,4-5,10-11H2,(H,17,20). The van der Waals surface area contributed by atoms with E-state index in [4.69, 9.17) is 5.11 Å². The monoisotopic (exact) mass is 273 g/mol. The molecule has 0 aromatic heterocycles. The summed E-state index contributed by atoms with van der Waals surface area (Å²) < 4.78 is 0. The van der Waals surface area contributed by atoms with Gasteiger partial charge in [-0.15, -0.1) is 0 Å². The first-order valence-electron chi connectivity index (χ1n) is 6.84. The molecule has 2 aromatic rings. The lowest BCUT2D eigenvalue weighted by Gasteiger charge is -2.09. The highest BCUT2D eigenvalue weighted by Crippen LogP contribution is 2.28. The van der Waals surface area contributed by atoms with E-state index >= 15 is 0 Å². The van der Waals surface area contributed by atoms with Crippen LogP contribution < -0.4 is 5.32 Å². The smallest absolute Gasteiger partial charge is 0.255 e. The highest BCUT2D eigenvalue weighted by molar-refractivity contribution is 6.03. The van der Waals surface area contributed by atoms with Gasteiger partial charge in [-0.2, -0.15) is 0 Å². The number of hydrogen-bond acceptors (Lipinski definition) is 3. The molecule has 0 aliphatic carbocycles. The molecule has 0 bridgehead atoms. The average molecular weight is 273 g/mol. The number of amides is 1. The van der Waals surface area contributed by atoms with Crippen LogP contribution >= 0.6 is 0 Å². The Morgan fingerprint density at radius 3 is 2.65 bits per heavy atom. The Morgan fingerprint density at radius 1 is 1.05 bits per heavy atom. The van der Waals surface area contributed by atoms with Crippen molar-refractivity contribution >= 4 is 16.7 Å². The average Bonchev–Trinajstić information content (AvgIpc) is 2.47. The Morgan fingerprint density at radius 2 is 1.85 bits per heavy atom. The summed E-state index contributed by atoms with van der Waals surface area (Å²) >= 11 is 0. The van der Waals surface area contributed by atoms with E-state index in [1.165, 1.54) is 0 Å². The quantitative estimate of drug-likeness (QED) is 0.708. The molecule has 106 valence electrons. The summed E-state index contributed by atoms with van der Waals surface area (Å²) in [7, 11) is 0. The minimum absolute atomic E-state index is 0.0240. The van der Waals surface area contributed by atoms with Crippen molar-refractivity contribution in [2.45, 2.75) is 19.3 Å². The van der Waals surface area contributed by atoms with Crippen LogP contribution in [-0.2, 0) is 0 Å². The number of aromatic hydroxyl groups is 1. The van der Waals surface area contributed by atoms with Gasteiger partial charge < -0.3 is 15.5 Å². The molecule has 2 aromatic carbocycles. The van der Waals surface area contributed by atoms with Gasteiger partial charge in [-0.3, -0.25) is 4.79 Å². The van der Waals surface area contributed by atoms with E-state index in [0.29, 0.717) is 17.5 Å². The normalized spacial score (nSPS) is 10.7. The third kappa shape index (κ3) is 3.27. The molecule has 0 atom stereocenters. The Hall–Kier alpha value is -2.07. The van der Waals surface area contributed by atoms with Crippen molar-refractivity contribution in [1.82, 2.24) is 5.32 Å². The van der Waals surface area contributed by atoms with Gasteiger partial charge in [0.15, 0.2) is 0 Å². The van der Waals surface area contributed by atoms with Crippen molar-refractivity contribution in [3.8, 4) is 5.75 Å². The van der Waals surface area contributed by atoms with E-state index in [9.17, 15) is 9.90 Å². The molecule has 0 aliphatic heterocycles. The topological polar surface area (TPSA) is 69.6 Å². The number of fused-ring (bicyclic) bond motifs is 1. The number of aliphatic hydroxyl groups excluding tert-OH is 1. The van der Waals surface area contributed by atoms with Crippen LogP contribution in [-0.4, -0.2) is 29.3 Å². The van der Waals surface area contributed by atoms with E-state index in [2.05, 4.69) is 5.32 Å². The van der Waals surface area contributed by atoms with E-state index in [0.717, 1.165) is 24.6 Å². The number of aliphatic hydroxyl groups is 1. The lowest BCUT2D eigenvalue weighted by molar-refractivity contribution is 0.0950. The fourth-order valence-corrected chi connectivity index (χ4v) is 2.15. The minimum atomic E-state index is -0.266. The number of carbonyl (C=O) groups is 1. The van der Waals surface area contributed by atoms with Gasteiger partial charge in [-0.1, -0.05) is 30.3 Å². The zero-order valence-electron chi connectivity index (χ0n) is 11.3. The molecule has 20 heavy (non-hydrogen) atoms. The second-order valence-electron chi connectivity index (χ2n) is 4.72. The third-order valence-electron chi connectivity index (χ3n) is 3.27. The summed E-state index contributed by atoms with van der Waals surface area (Å²) in [5.74, 6) is -0.242. The Balaban J connectivity index is 2.05. The van der Waals surface area contributed by atoms with Crippen LogP contribution in [0.4, 0.5) is 0 Å². The van der Waals surface area contributed by atoms with Crippen LogP contribution in [0.2, 0.25) is 0 Å². The number of carbonyl (C=O) groups excluding carboxylic acids is 1. The summed E-state index contributed by atoms with van der Waals surface area (Å²) in [5, 5.41) is 23.2. The Kier molecular flexibility index (Phi) is 4.96. The zero-order chi connectivity index (χ0) is 14.4. The number of benzene rings is 2. The van der Waals surface area contributed by atoms with Gasteiger partial charge in [-0.25, -0.2) is 0 Å². The van der Waals surface area contributed by atoms with E-state index < -0.39 is 0 Å². The van der Waals surface area contributed by atoms with Crippen molar-refractivity contribution in [1.29, 1.82) is 0 Å². The highest BCUT2D eigenvalue weighted by Gasteiger charge is 2.12. The van der Waals surface area contributed by atoms with Gasteiger partial charge in [0.05, 0.1) is 5.56 Å². The second-order valence-corrected chi connectivity index (χ2v) is 4.72. The van der Waals surface area contributed by atoms with Crippen LogP contribution in [0.15, 0.2) is 36.4 Å². The molecule has 0 aliphatic rings. The molecule has 0 fully saturated rings. The van der Waals surface area contributed by atoms with Crippen molar-refractivity contribution in [3.05, 3.63) is 42.0 Å². The molecular formula is C16H19NO3. The Labute approximate surface area is 118 Å². The molecule has 0 saturated carbocycles. The van der Waals surface area contributed by atoms with Crippen molar-refractivity contribution in [2.24, 2.45) is 0 Å². The number of phenolic OH excluding ortho intramolecular Hbond substituents is 1. The molecule has 2 rings (SSSR count). The van der Waals surface area contributed by atoms with Crippen molar-refractivity contribution in [3.63, 3.8) is 0 Å².